The number of nitrogens with one attached hydrogen (secondary N) is 1. The summed E-state index contributed by atoms with van der Waals surface area (Å²) in [6, 6.07) is 22.6. The SMILES string of the molecule is CC1=C(C(=O)c2ccccc2)C(c2cccc(OCc3ccc(F)cc3)c2)NC(=S)N1C. The first-order chi connectivity index (χ1) is 15.4. The summed E-state index contributed by atoms with van der Waals surface area (Å²) in [6.07, 6.45) is 0. The van der Waals surface area contributed by atoms with Gasteiger partial charge in [0.05, 0.1) is 6.04 Å². The molecule has 0 radical (unpaired) electrons. The predicted molar refractivity (Wildman–Crippen MR) is 127 cm³/mol. The summed E-state index contributed by atoms with van der Waals surface area (Å²) in [5, 5.41) is 3.85. The summed E-state index contributed by atoms with van der Waals surface area (Å²) < 4.78 is 19.1. The van der Waals surface area contributed by atoms with Crippen LogP contribution >= 0.6 is 12.2 Å². The Morgan fingerprint density at radius 3 is 2.50 bits per heavy atom. The second-order valence-corrected chi connectivity index (χ2v) is 8.01. The van der Waals surface area contributed by atoms with Gasteiger partial charge < -0.3 is 15.0 Å². The van der Waals surface area contributed by atoms with Crippen LogP contribution in [0.2, 0.25) is 0 Å². The van der Waals surface area contributed by atoms with Crippen LogP contribution in [0.25, 0.3) is 0 Å². The molecule has 6 heteroatoms. The average molecular weight is 447 g/mol. The van der Waals surface area contributed by atoms with Crippen LogP contribution in [0.5, 0.6) is 5.75 Å². The highest BCUT2D eigenvalue weighted by atomic mass is 32.1. The van der Waals surface area contributed by atoms with Gasteiger partial charge in [0.2, 0.25) is 0 Å². The van der Waals surface area contributed by atoms with Gasteiger partial charge >= 0.3 is 0 Å². The number of ketones is 1. The molecule has 1 unspecified atom stereocenters. The van der Waals surface area contributed by atoms with Crippen LogP contribution in [0.4, 0.5) is 4.39 Å². The van der Waals surface area contributed by atoms with Crippen molar-refractivity contribution in [1.82, 2.24) is 10.2 Å². The largest absolute Gasteiger partial charge is 0.489 e. The van der Waals surface area contributed by atoms with E-state index >= 15 is 0 Å². The van der Waals surface area contributed by atoms with E-state index in [0.717, 1.165) is 16.8 Å². The van der Waals surface area contributed by atoms with Crippen molar-refractivity contribution in [2.24, 2.45) is 0 Å². The molecule has 3 aromatic rings. The first-order valence-electron chi connectivity index (χ1n) is 10.3. The molecule has 0 saturated carbocycles. The fourth-order valence-electron chi connectivity index (χ4n) is 3.66. The molecular weight excluding hydrogens is 423 g/mol. The van der Waals surface area contributed by atoms with Gasteiger partial charge in [0.1, 0.15) is 18.2 Å². The average Bonchev–Trinajstić information content (AvgIpc) is 2.82. The first kappa shape index (κ1) is 21.7. The Morgan fingerprint density at radius 2 is 1.78 bits per heavy atom. The molecule has 162 valence electrons. The lowest BCUT2D eigenvalue weighted by Gasteiger charge is -2.36. The smallest absolute Gasteiger partial charge is 0.193 e. The number of carbonyl (C=O) groups excluding carboxylic acids is 1. The van der Waals surface area contributed by atoms with Crippen molar-refractivity contribution in [3.63, 3.8) is 0 Å². The lowest BCUT2D eigenvalue weighted by Crippen LogP contribution is -2.45. The maximum atomic E-state index is 13.4. The normalized spacial score (nSPS) is 16.0. The highest BCUT2D eigenvalue weighted by molar-refractivity contribution is 7.80. The third-order valence-corrected chi connectivity index (χ3v) is 5.94. The van der Waals surface area contributed by atoms with Crippen molar-refractivity contribution < 1.29 is 13.9 Å². The first-order valence-corrected chi connectivity index (χ1v) is 10.7. The number of ether oxygens (including phenoxy) is 1. The molecule has 32 heavy (non-hydrogen) atoms. The van der Waals surface area contributed by atoms with Gasteiger partial charge in [0.25, 0.3) is 0 Å². The monoisotopic (exact) mass is 446 g/mol. The maximum absolute atomic E-state index is 13.4. The Kier molecular flexibility index (Phi) is 6.32. The molecule has 1 N–H and O–H groups in total. The van der Waals surface area contributed by atoms with E-state index in [1.807, 2.05) is 73.5 Å². The molecule has 0 aromatic heterocycles. The topological polar surface area (TPSA) is 41.6 Å². The number of rotatable bonds is 6. The van der Waals surface area contributed by atoms with Crippen LogP contribution < -0.4 is 10.1 Å². The van der Waals surface area contributed by atoms with Gasteiger partial charge in [0, 0.05) is 23.9 Å². The van der Waals surface area contributed by atoms with E-state index in [-0.39, 0.29) is 11.6 Å². The van der Waals surface area contributed by atoms with E-state index in [2.05, 4.69) is 5.32 Å². The van der Waals surface area contributed by atoms with E-state index < -0.39 is 6.04 Å². The molecule has 1 aliphatic heterocycles. The minimum atomic E-state index is -0.402. The van der Waals surface area contributed by atoms with Gasteiger partial charge in [-0.25, -0.2) is 4.39 Å². The van der Waals surface area contributed by atoms with Crippen molar-refractivity contribution >= 4 is 23.1 Å². The zero-order chi connectivity index (χ0) is 22.7. The van der Waals surface area contributed by atoms with Gasteiger partial charge in [-0.3, -0.25) is 4.79 Å². The molecule has 0 spiro atoms. The number of halogens is 1. The summed E-state index contributed by atoms with van der Waals surface area (Å²) >= 11 is 5.50. The minimum Gasteiger partial charge on any atom is -0.489 e. The Balaban J connectivity index is 1.64. The predicted octanol–water partition coefficient (Wildman–Crippen LogP) is 5.42. The van der Waals surface area contributed by atoms with Crippen LogP contribution in [0.15, 0.2) is 90.1 Å². The number of nitrogens with zero attached hydrogens (tertiary/aromatic N) is 1. The van der Waals surface area contributed by atoms with Crippen molar-refractivity contribution in [1.29, 1.82) is 0 Å². The van der Waals surface area contributed by atoms with E-state index in [1.54, 1.807) is 12.1 Å². The maximum Gasteiger partial charge on any atom is 0.193 e. The molecule has 1 atom stereocenters. The Morgan fingerprint density at radius 1 is 1.06 bits per heavy atom. The molecule has 0 saturated heterocycles. The summed E-state index contributed by atoms with van der Waals surface area (Å²) in [4.78, 5) is 15.3. The number of hydrogen-bond acceptors (Lipinski definition) is 3. The molecule has 0 bridgehead atoms. The number of allylic oxidation sites excluding steroid dienone is 1. The number of hydrogen-bond donors (Lipinski definition) is 1. The summed E-state index contributed by atoms with van der Waals surface area (Å²) in [7, 11) is 1.85. The van der Waals surface area contributed by atoms with Crippen LogP contribution in [-0.2, 0) is 6.61 Å². The van der Waals surface area contributed by atoms with Crippen molar-refractivity contribution in [3.8, 4) is 5.75 Å². The van der Waals surface area contributed by atoms with Gasteiger partial charge in [-0.1, -0.05) is 54.6 Å². The van der Waals surface area contributed by atoms with Crippen LogP contribution in [0.3, 0.4) is 0 Å². The molecule has 1 aliphatic rings. The Bertz CT molecular complexity index is 1180. The highest BCUT2D eigenvalue weighted by Crippen LogP contribution is 2.33. The quantitative estimate of drug-likeness (QED) is 0.404. The van der Waals surface area contributed by atoms with Gasteiger partial charge in [0.15, 0.2) is 10.9 Å². The van der Waals surface area contributed by atoms with E-state index in [0.29, 0.717) is 28.6 Å². The summed E-state index contributed by atoms with van der Waals surface area (Å²) in [5.41, 5.74) is 3.81. The van der Waals surface area contributed by atoms with Crippen LogP contribution in [-0.4, -0.2) is 22.8 Å². The third-order valence-electron chi connectivity index (χ3n) is 5.54. The minimum absolute atomic E-state index is 0.0485. The highest BCUT2D eigenvalue weighted by Gasteiger charge is 2.33. The fraction of sp³-hybridized carbons (Fsp3) is 0.154. The summed E-state index contributed by atoms with van der Waals surface area (Å²) in [6.45, 7) is 2.22. The zero-order valence-electron chi connectivity index (χ0n) is 17.8. The Hall–Kier alpha value is -3.51. The molecule has 1 heterocycles. The molecule has 3 aromatic carbocycles. The lowest BCUT2D eigenvalue weighted by atomic mass is 9.89. The van der Waals surface area contributed by atoms with E-state index in [1.165, 1.54) is 12.1 Å². The fourth-order valence-corrected chi connectivity index (χ4v) is 3.91. The van der Waals surface area contributed by atoms with E-state index in [9.17, 15) is 9.18 Å². The van der Waals surface area contributed by atoms with Gasteiger partial charge in [-0.15, -0.1) is 0 Å². The second-order valence-electron chi connectivity index (χ2n) is 7.62. The van der Waals surface area contributed by atoms with Gasteiger partial charge in [-0.2, -0.15) is 0 Å². The number of thiocarbonyl (C=S) groups is 1. The molecule has 0 fully saturated rings. The zero-order valence-corrected chi connectivity index (χ0v) is 18.7. The molecule has 0 aliphatic carbocycles. The number of carbonyl (C=O) groups is 1. The second kappa shape index (κ2) is 9.32. The molecule has 4 rings (SSSR count). The van der Waals surface area contributed by atoms with Crippen LogP contribution in [0.1, 0.15) is 34.5 Å². The molecular formula is C26H23FN2O2S. The standard InChI is InChI=1S/C26H23FN2O2S/c1-17-23(25(30)19-7-4-3-5-8-19)24(28-26(32)29(17)2)20-9-6-10-22(15-20)31-16-18-11-13-21(27)14-12-18/h3-15,24H,16H2,1-2H3,(H,28,32). The number of benzene rings is 3. The Labute approximate surface area is 192 Å². The van der Waals surface area contributed by atoms with Crippen molar-refractivity contribution in [2.75, 3.05) is 7.05 Å². The molecule has 4 nitrogen and oxygen atoms in total. The van der Waals surface area contributed by atoms with Crippen LogP contribution in [0, 0.1) is 5.82 Å². The lowest BCUT2D eigenvalue weighted by molar-refractivity contribution is 0.102. The summed E-state index contributed by atoms with van der Waals surface area (Å²) in [5.74, 6) is 0.327. The third kappa shape index (κ3) is 4.55. The van der Waals surface area contributed by atoms with Crippen molar-refractivity contribution in [2.45, 2.75) is 19.6 Å². The number of Topliss-reactive ketones (excluding diaryl/α,β-unsaturated/α-hetero) is 1. The van der Waals surface area contributed by atoms with Crippen molar-refractivity contribution in [3.05, 3.63) is 113 Å². The molecule has 0 amide bonds. The van der Waals surface area contributed by atoms with Gasteiger partial charge in [-0.05, 0) is 54.5 Å². The van der Waals surface area contributed by atoms with E-state index in [4.69, 9.17) is 17.0 Å².